The van der Waals surface area contributed by atoms with Gasteiger partial charge in [0.2, 0.25) is 0 Å². The third kappa shape index (κ3) is 8.71. The summed E-state index contributed by atoms with van der Waals surface area (Å²) < 4.78 is 32.8. The van der Waals surface area contributed by atoms with Crippen molar-refractivity contribution in [2.24, 2.45) is 5.73 Å². The number of hydrogen-bond donors (Lipinski definition) is 1. The van der Waals surface area contributed by atoms with Gasteiger partial charge in [-0.2, -0.15) is 0 Å². The summed E-state index contributed by atoms with van der Waals surface area (Å²) in [6, 6.07) is 40.2. The van der Waals surface area contributed by atoms with Gasteiger partial charge in [0.15, 0.2) is 0 Å². The predicted octanol–water partition coefficient (Wildman–Crippen LogP) is 6.59. The first kappa shape index (κ1) is 30.8. The minimum atomic E-state index is -1.22. The topological polar surface area (TPSA) is 72.2 Å². The molecule has 1 heterocycles. The van der Waals surface area contributed by atoms with Crippen molar-refractivity contribution in [3.8, 4) is 0 Å². The highest BCUT2D eigenvalue weighted by Gasteiger charge is 2.54. The quantitative estimate of drug-likeness (QED) is 0.160. The molecule has 1 saturated heterocycles. The summed E-state index contributed by atoms with van der Waals surface area (Å²) in [5.74, 6) is 0. The summed E-state index contributed by atoms with van der Waals surface area (Å²) in [4.78, 5) is 0. The van der Waals surface area contributed by atoms with E-state index < -0.39 is 30.1 Å². The summed E-state index contributed by atoms with van der Waals surface area (Å²) >= 11 is 0. The van der Waals surface area contributed by atoms with Crippen molar-refractivity contribution >= 4 is 0 Å². The second kappa shape index (κ2) is 15.7. The fraction of sp³-hybridized carbons (Fsp3) is 0.297. The maximum Gasteiger partial charge on any atom is 0.149 e. The molecule has 4 aromatic rings. The van der Waals surface area contributed by atoms with Crippen LogP contribution in [0, 0.1) is 0 Å². The van der Waals surface area contributed by atoms with E-state index in [-0.39, 0.29) is 6.61 Å². The Labute approximate surface area is 255 Å². The van der Waals surface area contributed by atoms with Gasteiger partial charge in [-0.3, -0.25) is 0 Å². The van der Waals surface area contributed by atoms with Gasteiger partial charge in [-0.15, -0.1) is 6.58 Å². The average Bonchev–Trinajstić information content (AvgIpc) is 3.05. The smallest absolute Gasteiger partial charge is 0.149 e. The maximum atomic E-state index is 7.07. The molecule has 1 aliphatic heterocycles. The number of ether oxygens (including phenoxy) is 5. The van der Waals surface area contributed by atoms with Crippen LogP contribution in [0.4, 0.5) is 0 Å². The largest absolute Gasteiger partial charge is 0.374 e. The fourth-order valence-corrected chi connectivity index (χ4v) is 5.38. The zero-order chi connectivity index (χ0) is 29.7. The zero-order valence-electron chi connectivity index (χ0n) is 24.5. The van der Waals surface area contributed by atoms with E-state index >= 15 is 0 Å². The lowest BCUT2D eigenvalue weighted by atomic mass is 9.88. The second-order valence-corrected chi connectivity index (χ2v) is 10.8. The minimum absolute atomic E-state index is 0.265. The summed E-state index contributed by atoms with van der Waals surface area (Å²) in [6.07, 6.45) is -0.132. The molecule has 224 valence electrons. The van der Waals surface area contributed by atoms with Crippen LogP contribution in [0.3, 0.4) is 0 Å². The van der Waals surface area contributed by atoms with Crippen molar-refractivity contribution in [3.05, 3.63) is 156 Å². The minimum Gasteiger partial charge on any atom is -0.374 e. The molecule has 4 aromatic carbocycles. The van der Waals surface area contributed by atoms with Gasteiger partial charge in [0.1, 0.15) is 30.1 Å². The summed E-state index contributed by atoms with van der Waals surface area (Å²) in [7, 11) is 0. The molecule has 5 atom stereocenters. The number of rotatable bonds is 15. The molecule has 0 saturated carbocycles. The molecule has 6 nitrogen and oxygen atoms in total. The summed E-state index contributed by atoms with van der Waals surface area (Å²) in [5.41, 5.74) is 10.0. The van der Waals surface area contributed by atoms with Crippen LogP contribution in [-0.4, -0.2) is 36.7 Å². The molecule has 2 N–H and O–H groups in total. The van der Waals surface area contributed by atoms with E-state index in [9.17, 15) is 0 Å². The lowest BCUT2D eigenvalue weighted by Gasteiger charge is -2.51. The molecule has 0 spiro atoms. The third-order valence-electron chi connectivity index (χ3n) is 7.54. The molecule has 1 aliphatic rings. The standard InChI is InChI=1S/C37H41NO5/c1-2-23-37(38)36(42-27-32-21-13-6-14-22-32)35(41-26-31-19-11-5-12-20-31)34(40-25-30-17-9-4-10-18-30)33(43-37)28-39-24-29-15-7-3-8-16-29/h2-22,33-36H,1,23-28,38H2/t33-,34-,35+,36-,37+/m1/s1. The van der Waals surface area contributed by atoms with Gasteiger partial charge < -0.3 is 29.4 Å². The molecule has 0 bridgehead atoms. The van der Waals surface area contributed by atoms with E-state index in [4.69, 9.17) is 29.4 Å². The van der Waals surface area contributed by atoms with Crippen LogP contribution in [0.1, 0.15) is 28.7 Å². The first-order valence-electron chi connectivity index (χ1n) is 14.8. The molecule has 0 aliphatic carbocycles. The molecule has 0 unspecified atom stereocenters. The first-order valence-corrected chi connectivity index (χ1v) is 14.8. The van der Waals surface area contributed by atoms with E-state index in [0.717, 1.165) is 22.3 Å². The van der Waals surface area contributed by atoms with E-state index in [0.29, 0.717) is 32.8 Å². The van der Waals surface area contributed by atoms with Gasteiger partial charge in [-0.25, -0.2) is 0 Å². The lowest BCUT2D eigenvalue weighted by Crippen LogP contribution is -2.70. The molecule has 43 heavy (non-hydrogen) atoms. The van der Waals surface area contributed by atoms with Crippen LogP contribution >= 0.6 is 0 Å². The Balaban J connectivity index is 1.44. The molecule has 0 amide bonds. The van der Waals surface area contributed by atoms with Crippen LogP contribution in [0.25, 0.3) is 0 Å². The Morgan fingerprint density at radius 2 is 1.02 bits per heavy atom. The van der Waals surface area contributed by atoms with Crippen LogP contribution in [-0.2, 0) is 50.1 Å². The molecular formula is C37H41NO5. The Morgan fingerprint density at radius 3 is 1.49 bits per heavy atom. The highest BCUT2D eigenvalue weighted by atomic mass is 16.6. The average molecular weight is 580 g/mol. The highest BCUT2D eigenvalue weighted by molar-refractivity contribution is 5.17. The van der Waals surface area contributed by atoms with Gasteiger partial charge >= 0.3 is 0 Å². The van der Waals surface area contributed by atoms with Crippen molar-refractivity contribution in [3.63, 3.8) is 0 Å². The molecule has 0 aromatic heterocycles. The van der Waals surface area contributed by atoms with E-state index in [2.05, 4.69) is 6.58 Å². The van der Waals surface area contributed by atoms with Crippen molar-refractivity contribution in [1.29, 1.82) is 0 Å². The van der Waals surface area contributed by atoms with Crippen LogP contribution in [0.2, 0.25) is 0 Å². The van der Waals surface area contributed by atoms with Crippen molar-refractivity contribution in [2.45, 2.75) is 63.0 Å². The van der Waals surface area contributed by atoms with Crippen molar-refractivity contribution < 1.29 is 23.7 Å². The SMILES string of the molecule is C=CC[C@]1(N)O[C@H](COCc2ccccc2)[C@@H](OCc2ccccc2)[C@H](OCc2ccccc2)[C@H]1OCc1ccccc1. The van der Waals surface area contributed by atoms with E-state index in [1.54, 1.807) is 6.08 Å². The van der Waals surface area contributed by atoms with E-state index in [1.807, 2.05) is 121 Å². The number of benzene rings is 4. The molecule has 6 heteroatoms. The van der Waals surface area contributed by atoms with Crippen molar-refractivity contribution in [1.82, 2.24) is 0 Å². The molecule has 1 fully saturated rings. The van der Waals surface area contributed by atoms with Crippen LogP contribution in [0.5, 0.6) is 0 Å². The molecular weight excluding hydrogens is 538 g/mol. The Hall–Kier alpha value is -3.62. The van der Waals surface area contributed by atoms with E-state index in [1.165, 1.54) is 0 Å². The first-order chi connectivity index (χ1) is 21.1. The maximum absolute atomic E-state index is 7.07. The van der Waals surface area contributed by atoms with Gasteiger partial charge in [-0.05, 0) is 22.3 Å². The van der Waals surface area contributed by atoms with Gasteiger partial charge in [0.25, 0.3) is 0 Å². The lowest BCUT2D eigenvalue weighted by molar-refractivity contribution is -0.306. The van der Waals surface area contributed by atoms with Crippen molar-refractivity contribution in [2.75, 3.05) is 6.61 Å². The highest BCUT2D eigenvalue weighted by Crippen LogP contribution is 2.36. The second-order valence-electron chi connectivity index (χ2n) is 10.8. The Bertz CT molecular complexity index is 1360. The summed E-state index contributed by atoms with van der Waals surface area (Å²) in [5, 5.41) is 0. The Morgan fingerprint density at radius 1 is 0.605 bits per heavy atom. The van der Waals surface area contributed by atoms with Gasteiger partial charge in [0.05, 0.1) is 33.0 Å². The van der Waals surface area contributed by atoms with Gasteiger partial charge in [0, 0.05) is 6.42 Å². The normalized spacial score (nSPS) is 23.6. The van der Waals surface area contributed by atoms with Crippen LogP contribution in [0.15, 0.2) is 134 Å². The van der Waals surface area contributed by atoms with Crippen LogP contribution < -0.4 is 5.73 Å². The monoisotopic (exact) mass is 579 g/mol. The Kier molecular flexibility index (Phi) is 11.3. The molecule has 5 rings (SSSR count). The third-order valence-corrected chi connectivity index (χ3v) is 7.54. The molecule has 0 radical (unpaired) electrons. The summed E-state index contributed by atoms with van der Waals surface area (Å²) in [6.45, 7) is 5.76. The predicted molar refractivity (Wildman–Crippen MR) is 168 cm³/mol. The van der Waals surface area contributed by atoms with Gasteiger partial charge in [-0.1, -0.05) is 127 Å². The number of hydrogen-bond acceptors (Lipinski definition) is 6. The zero-order valence-corrected chi connectivity index (χ0v) is 24.5. The number of nitrogens with two attached hydrogens (primary N) is 1. The fourth-order valence-electron chi connectivity index (χ4n) is 5.38.